The van der Waals surface area contributed by atoms with Gasteiger partial charge in [0, 0.05) is 26.9 Å². The predicted octanol–water partition coefficient (Wildman–Crippen LogP) is 6.06. The highest BCUT2D eigenvalue weighted by Crippen LogP contribution is 2.24. The third-order valence-corrected chi connectivity index (χ3v) is 5.42. The number of halogens is 1. The average molecular weight is 426 g/mol. The van der Waals surface area contributed by atoms with Crippen molar-refractivity contribution in [3.05, 3.63) is 94.5 Å². The van der Waals surface area contributed by atoms with E-state index in [0.29, 0.717) is 23.4 Å². The van der Waals surface area contributed by atoms with Gasteiger partial charge < -0.3 is 10.1 Å². The Morgan fingerprint density at radius 1 is 0.897 bits per heavy atom. The number of benzene rings is 3. The number of hydrogen-bond acceptors (Lipinski definition) is 4. The van der Waals surface area contributed by atoms with Crippen LogP contribution in [0, 0.1) is 0 Å². The van der Waals surface area contributed by atoms with Crippen LogP contribution in [0.5, 0.6) is 0 Å². The van der Waals surface area contributed by atoms with Crippen LogP contribution in [0.15, 0.2) is 77.7 Å². The minimum atomic E-state index is -0.377. The second kappa shape index (κ2) is 10.1. The lowest BCUT2D eigenvalue weighted by atomic mass is 10.1. The Morgan fingerprint density at radius 3 is 2.14 bits per heavy atom. The molecule has 3 aromatic carbocycles. The van der Waals surface area contributed by atoms with Gasteiger partial charge in [-0.2, -0.15) is 0 Å². The summed E-state index contributed by atoms with van der Waals surface area (Å²) in [6.07, 6.45) is 0. The molecular formula is C23H20ClNO3S. The molecule has 3 aromatic rings. The number of carbonyl (C=O) groups is 2. The largest absolute Gasteiger partial charge is 0.462 e. The summed E-state index contributed by atoms with van der Waals surface area (Å²) in [4.78, 5) is 25.3. The van der Waals surface area contributed by atoms with Gasteiger partial charge >= 0.3 is 5.97 Å². The predicted molar refractivity (Wildman–Crippen MR) is 118 cm³/mol. The van der Waals surface area contributed by atoms with Crippen LogP contribution in [-0.2, 0) is 10.5 Å². The van der Waals surface area contributed by atoms with Crippen molar-refractivity contribution in [2.24, 2.45) is 0 Å². The summed E-state index contributed by atoms with van der Waals surface area (Å²) in [6, 6.07) is 21.8. The van der Waals surface area contributed by atoms with Crippen LogP contribution in [0.3, 0.4) is 0 Å². The van der Waals surface area contributed by atoms with Gasteiger partial charge in [0.2, 0.25) is 0 Å². The van der Waals surface area contributed by atoms with Gasteiger partial charge in [-0.05, 0) is 73.2 Å². The van der Waals surface area contributed by atoms with Gasteiger partial charge in [0.15, 0.2) is 0 Å². The van der Waals surface area contributed by atoms with Gasteiger partial charge in [-0.25, -0.2) is 4.79 Å². The lowest BCUT2D eigenvalue weighted by Crippen LogP contribution is -2.12. The SMILES string of the molecule is CCOC(=O)c1ccc(NC(=O)c2ccc(CSc3ccc(Cl)cc3)cc2)cc1. The van der Waals surface area contributed by atoms with E-state index in [9.17, 15) is 9.59 Å². The number of nitrogens with one attached hydrogen (secondary N) is 1. The fourth-order valence-electron chi connectivity index (χ4n) is 2.56. The maximum atomic E-state index is 12.4. The highest BCUT2D eigenvalue weighted by molar-refractivity contribution is 7.98. The van der Waals surface area contributed by atoms with Gasteiger partial charge in [0.1, 0.15) is 0 Å². The molecule has 0 aliphatic carbocycles. The van der Waals surface area contributed by atoms with E-state index < -0.39 is 0 Å². The van der Waals surface area contributed by atoms with Gasteiger partial charge in [-0.15, -0.1) is 11.8 Å². The average Bonchev–Trinajstić information content (AvgIpc) is 2.74. The standard InChI is InChI=1S/C23H20ClNO3S/c1-2-28-23(27)18-7-11-20(12-8-18)25-22(26)17-5-3-16(4-6-17)15-29-21-13-9-19(24)10-14-21/h3-14H,2,15H2,1H3,(H,25,26). The molecule has 1 amide bonds. The Labute approximate surface area is 179 Å². The Morgan fingerprint density at radius 2 is 1.52 bits per heavy atom. The summed E-state index contributed by atoms with van der Waals surface area (Å²) in [6.45, 7) is 2.08. The van der Waals surface area contributed by atoms with Crippen molar-refractivity contribution in [1.29, 1.82) is 0 Å². The van der Waals surface area contributed by atoms with Crippen LogP contribution in [0.1, 0.15) is 33.2 Å². The number of hydrogen-bond donors (Lipinski definition) is 1. The van der Waals surface area contributed by atoms with Crippen molar-refractivity contribution >= 4 is 40.9 Å². The maximum Gasteiger partial charge on any atom is 0.338 e. The Kier molecular flexibility index (Phi) is 7.33. The van der Waals surface area contributed by atoms with E-state index in [1.807, 2.05) is 36.4 Å². The minimum absolute atomic E-state index is 0.203. The van der Waals surface area contributed by atoms with E-state index in [-0.39, 0.29) is 11.9 Å². The Hall–Kier alpha value is -2.76. The maximum absolute atomic E-state index is 12.4. The Balaban J connectivity index is 1.55. The molecule has 0 unspecified atom stereocenters. The molecule has 0 heterocycles. The van der Waals surface area contributed by atoms with Crippen molar-refractivity contribution in [2.75, 3.05) is 11.9 Å². The third-order valence-electron chi connectivity index (χ3n) is 4.09. The first kappa shape index (κ1) is 21.0. The summed E-state index contributed by atoms with van der Waals surface area (Å²) in [7, 11) is 0. The van der Waals surface area contributed by atoms with Crippen molar-refractivity contribution in [1.82, 2.24) is 0 Å². The normalized spacial score (nSPS) is 10.4. The van der Waals surface area contributed by atoms with E-state index in [2.05, 4.69) is 5.32 Å². The van der Waals surface area contributed by atoms with E-state index >= 15 is 0 Å². The monoisotopic (exact) mass is 425 g/mol. The molecule has 0 atom stereocenters. The summed E-state index contributed by atoms with van der Waals surface area (Å²) in [5.74, 6) is 0.224. The lowest BCUT2D eigenvalue weighted by Gasteiger charge is -2.08. The third kappa shape index (κ3) is 6.11. The number of amides is 1. The number of esters is 1. The molecule has 6 heteroatoms. The topological polar surface area (TPSA) is 55.4 Å². The quantitative estimate of drug-likeness (QED) is 0.369. The molecule has 29 heavy (non-hydrogen) atoms. The fourth-order valence-corrected chi connectivity index (χ4v) is 3.54. The van der Waals surface area contributed by atoms with Crippen LogP contribution in [-0.4, -0.2) is 18.5 Å². The van der Waals surface area contributed by atoms with Crippen molar-refractivity contribution in [2.45, 2.75) is 17.6 Å². The Bertz CT molecular complexity index is 971. The first-order valence-corrected chi connectivity index (χ1v) is 10.5. The van der Waals surface area contributed by atoms with Crippen LogP contribution in [0.2, 0.25) is 5.02 Å². The summed E-state index contributed by atoms with van der Waals surface area (Å²) in [5.41, 5.74) is 2.76. The van der Waals surface area contributed by atoms with Crippen molar-refractivity contribution < 1.29 is 14.3 Å². The van der Waals surface area contributed by atoms with E-state index in [1.165, 1.54) is 0 Å². The highest BCUT2D eigenvalue weighted by atomic mass is 35.5. The molecule has 0 aliphatic rings. The molecular weight excluding hydrogens is 406 g/mol. The number of ether oxygens (including phenoxy) is 1. The van der Waals surface area contributed by atoms with Gasteiger partial charge in [-0.1, -0.05) is 23.7 Å². The molecule has 0 radical (unpaired) electrons. The molecule has 148 valence electrons. The van der Waals surface area contributed by atoms with Crippen LogP contribution < -0.4 is 5.32 Å². The van der Waals surface area contributed by atoms with Gasteiger partial charge in [0.25, 0.3) is 5.91 Å². The molecule has 3 rings (SSSR count). The minimum Gasteiger partial charge on any atom is -0.462 e. The van der Waals surface area contributed by atoms with E-state index in [4.69, 9.17) is 16.3 Å². The molecule has 0 fully saturated rings. The molecule has 0 saturated carbocycles. The molecule has 4 nitrogen and oxygen atoms in total. The number of rotatable bonds is 7. The van der Waals surface area contributed by atoms with Gasteiger partial charge in [0.05, 0.1) is 12.2 Å². The highest BCUT2D eigenvalue weighted by Gasteiger charge is 2.09. The first-order chi connectivity index (χ1) is 14.0. The molecule has 0 aliphatic heterocycles. The van der Waals surface area contributed by atoms with Crippen molar-refractivity contribution in [3.63, 3.8) is 0 Å². The first-order valence-electron chi connectivity index (χ1n) is 9.11. The van der Waals surface area contributed by atoms with E-state index in [0.717, 1.165) is 21.2 Å². The molecule has 0 aromatic heterocycles. The molecule has 0 bridgehead atoms. The second-order valence-corrected chi connectivity index (χ2v) is 7.68. The summed E-state index contributed by atoms with van der Waals surface area (Å²) in [5, 5.41) is 3.55. The van der Waals surface area contributed by atoms with Crippen LogP contribution in [0.25, 0.3) is 0 Å². The number of thioether (sulfide) groups is 1. The number of carbonyl (C=O) groups excluding carboxylic acids is 2. The molecule has 1 N–H and O–H groups in total. The second-order valence-electron chi connectivity index (χ2n) is 6.19. The molecule has 0 saturated heterocycles. The fraction of sp³-hybridized carbons (Fsp3) is 0.130. The van der Waals surface area contributed by atoms with Crippen LogP contribution in [0.4, 0.5) is 5.69 Å². The zero-order chi connectivity index (χ0) is 20.6. The van der Waals surface area contributed by atoms with E-state index in [1.54, 1.807) is 55.1 Å². The zero-order valence-corrected chi connectivity index (χ0v) is 17.4. The van der Waals surface area contributed by atoms with Crippen LogP contribution >= 0.6 is 23.4 Å². The molecule has 0 spiro atoms. The number of anilines is 1. The lowest BCUT2D eigenvalue weighted by molar-refractivity contribution is 0.0526. The smallest absolute Gasteiger partial charge is 0.338 e. The summed E-state index contributed by atoms with van der Waals surface area (Å²) >= 11 is 7.61. The summed E-state index contributed by atoms with van der Waals surface area (Å²) < 4.78 is 4.95. The zero-order valence-electron chi connectivity index (χ0n) is 15.9. The van der Waals surface area contributed by atoms with Crippen molar-refractivity contribution in [3.8, 4) is 0 Å². The van der Waals surface area contributed by atoms with Gasteiger partial charge in [-0.3, -0.25) is 4.79 Å².